The van der Waals surface area contributed by atoms with Crippen molar-refractivity contribution < 1.29 is 4.79 Å². The molecule has 1 aromatic carbocycles. The topological polar surface area (TPSA) is 94.8 Å². The van der Waals surface area contributed by atoms with E-state index in [1.54, 1.807) is 12.1 Å². The monoisotopic (exact) mass is 313 g/mol. The molecule has 20 heavy (non-hydrogen) atoms. The summed E-state index contributed by atoms with van der Waals surface area (Å²) in [6, 6.07) is 5.78. The van der Waals surface area contributed by atoms with Crippen molar-refractivity contribution in [1.82, 2.24) is 9.97 Å². The number of carbonyl (C=O) groups excluding carboxylic acids is 1. The molecule has 0 aliphatic carbocycles. The van der Waals surface area contributed by atoms with Gasteiger partial charge in [0.25, 0.3) is 5.56 Å². The van der Waals surface area contributed by atoms with Gasteiger partial charge in [0, 0.05) is 16.8 Å². The number of hydrogen-bond acceptors (Lipinski definition) is 3. The third kappa shape index (κ3) is 3.72. The smallest absolute Gasteiger partial charge is 0.324 e. The zero-order valence-corrected chi connectivity index (χ0v) is 11.5. The van der Waals surface area contributed by atoms with Crippen LogP contribution in [-0.2, 0) is 11.2 Å². The number of hydrogen-bond donors (Lipinski definition) is 3. The molecule has 2 rings (SSSR count). The molecule has 8 heteroatoms. The highest BCUT2D eigenvalue weighted by atomic mass is 35.5. The number of rotatable bonds is 3. The van der Waals surface area contributed by atoms with E-state index in [4.69, 9.17) is 23.2 Å². The fraction of sp³-hybridized carbons (Fsp3) is 0.0833. The second-order valence-corrected chi connectivity index (χ2v) is 4.81. The molecule has 0 unspecified atom stereocenters. The van der Waals surface area contributed by atoms with Crippen LogP contribution in [0.25, 0.3) is 0 Å². The summed E-state index contributed by atoms with van der Waals surface area (Å²) in [6.45, 7) is 0. The summed E-state index contributed by atoms with van der Waals surface area (Å²) in [4.78, 5) is 38.4. The Balaban J connectivity index is 2.15. The molecule has 0 radical (unpaired) electrons. The fourth-order valence-corrected chi connectivity index (χ4v) is 1.91. The van der Waals surface area contributed by atoms with Gasteiger partial charge in [0.1, 0.15) is 0 Å². The van der Waals surface area contributed by atoms with Crippen molar-refractivity contribution in [3.05, 3.63) is 60.8 Å². The van der Waals surface area contributed by atoms with E-state index >= 15 is 0 Å². The molecule has 1 aromatic heterocycles. The Bertz CT molecular complexity index is 739. The number of halogens is 2. The molecule has 0 atom stereocenters. The summed E-state index contributed by atoms with van der Waals surface area (Å²) in [6.07, 6.45) is -0.165. The number of aromatic nitrogens is 2. The molecule has 1 amide bonds. The van der Waals surface area contributed by atoms with Crippen molar-refractivity contribution in [2.45, 2.75) is 6.42 Å². The van der Waals surface area contributed by atoms with E-state index in [-0.39, 0.29) is 12.1 Å². The van der Waals surface area contributed by atoms with Crippen LogP contribution < -0.4 is 16.6 Å². The van der Waals surface area contributed by atoms with E-state index in [1.165, 1.54) is 6.07 Å². The first-order chi connectivity index (χ1) is 9.44. The number of nitrogens with one attached hydrogen (secondary N) is 3. The van der Waals surface area contributed by atoms with Crippen LogP contribution in [-0.4, -0.2) is 15.9 Å². The lowest BCUT2D eigenvalue weighted by molar-refractivity contribution is -0.115. The lowest BCUT2D eigenvalue weighted by Gasteiger charge is -2.07. The van der Waals surface area contributed by atoms with Crippen molar-refractivity contribution in [1.29, 1.82) is 0 Å². The quantitative estimate of drug-likeness (QED) is 0.802. The van der Waals surface area contributed by atoms with Crippen LogP contribution in [0.15, 0.2) is 33.9 Å². The molecule has 1 heterocycles. The van der Waals surface area contributed by atoms with Crippen LogP contribution in [0, 0.1) is 0 Å². The van der Waals surface area contributed by atoms with Crippen molar-refractivity contribution in [2.24, 2.45) is 0 Å². The highest BCUT2D eigenvalue weighted by Crippen LogP contribution is 2.25. The summed E-state index contributed by atoms with van der Waals surface area (Å²) in [5.74, 6) is -0.435. The van der Waals surface area contributed by atoms with Gasteiger partial charge >= 0.3 is 5.69 Å². The van der Waals surface area contributed by atoms with Gasteiger partial charge in [0.15, 0.2) is 0 Å². The molecule has 0 saturated heterocycles. The van der Waals surface area contributed by atoms with E-state index in [1.807, 2.05) is 4.98 Å². The number of anilines is 1. The highest BCUT2D eigenvalue weighted by molar-refractivity contribution is 6.35. The van der Waals surface area contributed by atoms with Crippen LogP contribution in [0.3, 0.4) is 0 Å². The molecule has 0 aliphatic heterocycles. The van der Waals surface area contributed by atoms with E-state index in [0.717, 1.165) is 6.07 Å². The van der Waals surface area contributed by atoms with Crippen LogP contribution >= 0.6 is 23.2 Å². The van der Waals surface area contributed by atoms with Crippen LogP contribution in [0.4, 0.5) is 5.69 Å². The zero-order valence-electron chi connectivity index (χ0n) is 10.00. The number of amides is 1. The summed E-state index contributed by atoms with van der Waals surface area (Å²) in [5, 5.41) is 3.31. The van der Waals surface area contributed by atoms with Gasteiger partial charge in [-0.2, -0.15) is 0 Å². The lowest BCUT2D eigenvalue weighted by atomic mass is 10.2. The van der Waals surface area contributed by atoms with E-state index in [9.17, 15) is 14.4 Å². The second kappa shape index (κ2) is 5.94. The largest absolute Gasteiger partial charge is 0.325 e. The van der Waals surface area contributed by atoms with Gasteiger partial charge in [0.05, 0.1) is 17.1 Å². The minimum Gasteiger partial charge on any atom is -0.324 e. The maximum absolute atomic E-state index is 11.8. The van der Waals surface area contributed by atoms with E-state index < -0.39 is 17.2 Å². The Morgan fingerprint density at radius 2 is 1.90 bits per heavy atom. The molecule has 0 saturated carbocycles. The number of aromatic amines is 2. The van der Waals surface area contributed by atoms with Gasteiger partial charge in [0.2, 0.25) is 5.91 Å². The number of H-pyrrole nitrogens is 2. The molecular weight excluding hydrogens is 305 g/mol. The highest BCUT2D eigenvalue weighted by Gasteiger charge is 2.08. The molecular formula is C12H9Cl2N3O3. The van der Waals surface area contributed by atoms with Gasteiger partial charge in [-0.15, -0.1) is 0 Å². The zero-order chi connectivity index (χ0) is 14.7. The normalized spacial score (nSPS) is 10.3. The minimum absolute atomic E-state index is 0.165. The Morgan fingerprint density at radius 1 is 1.15 bits per heavy atom. The minimum atomic E-state index is -0.666. The molecule has 0 fully saturated rings. The van der Waals surface area contributed by atoms with Crippen molar-refractivity contribution in [3.8, 4) is 0 Å². The van der Waals surface area contributed by atoms with Gasteiger partial charge in [-0.05, 0) is 18.2 Å². The summed E-state index contributed by atoms with van der Waals surface area (Å²) < 4.78 is 0. The first kappa shape index (κ1) is 14.4. The van der Waals surface area contributed by atoms with Crippen LogP contribution in [0.1, 0.15) is 5.69 Å². The first-order valence-electron chi connectivity index (χ1n) is 5.51. The SMILES string of the molecule is O=C(Cc1cc(=O)[nH]c(=O)[nH]1)Nc1cc(Cl)ccc1Cl. The predicted molar refractivity (Wildman–Crippen MR) is 76.5 cm³/mol. The molecule has 0 spiro atoms. The summed E-state index contributed by atoms with van der Waals surface area (Å²) in [7, 11) is 0. The molecule has 104 valence electrons. The van der Waals surface area contributed by atoms with Crippen LogP contribution in [0.2, 0.25) is 10.0 Å². The summed E-state index contributed by atoms with van der Waals surface area (Å²) >= 11 is 11.7. The molecule has 0 aliphatic rings. The molecule has 2 aromatic rings. The number of benzene rings is 1. The third-order valence-electron chi connectivity index (χ3n) is 2.37. The lowest BCUT2D eigenvalue weighted by Crippen LogP contribution is -2.25. The molecule has 3 N–H and O–H groups in total. The standard InChI is InChI=1S/C12H9Cl2N3O3/c13-6-1-2-8(14)9(3-6)16-10(18)4-7-5-11(19)17-12(20)15-7/h1-3,5H,4H2,(H,16,18)(H2,15,17,19,20). The Morgan fingerprint density at radius 3 is 2.60 bits per heavy atom. The summed E-state index contributed by atoms with van der Waals surface area (Å²) in [5.41, 5.74) is -0.677. The van der Waals surface area contributed by atoms with E-state index in [0.29, 0.717) is 15.7 Å². The third-order valence-corrected chi connectivity index (χ3v) is 2.93. The Labute approximate surface area is 122 Å². The predicted octanol–water partition coefficient (Wildman–Crippen LogP) is 1.55. The van der Waals surface area contributed by atoms with Crippen LogP contribution in [0.5, 0.6) is 0 Å². The van der Waals surface area contributed by atoms with Crippen molar-refractivity contribution >= 4 is 34.8 Å². The van der Waals surface area contributed by atoms with Gasteiger partial charge in [-0.3, -0.25) is 14.6 Å². The number of carbonyl (C=O) groups is 1. The average Bonchev–Trinajstić information content (AvgIpc) is 2.32. The van der Waals surface area contributed by atoms with Gasteiger partial charge in [-0.25, -0.2) is 4.79 Å². The average molecular weight is 314 g/mol. The second-order valence-electron chi connectivity index (χ2n) is 3.96. The maximum atomic E-state index is 11.8. The fourth-order valence-electron chi connectivity index (χ4n) is 1.58. The maximum Gasteiger partial charge on any atom is 0.325 e. The van der Waals surface area contributed by atoms with Crippen molar-refractivity contribution in [3.63, 3.8) is 0 Å². The Kier molecular flexibility index (Phi) is 4.26. The van der Waals surface area contributed by atoms with Gasteiger partial charge in [-0.1, -0.05) is 23.2 Å². The van der Waals surface area contributed by atoms with Gasteiger partial charge < -0.3 is 10.3 Å². The molecule has 6 nitrogen and oxygen atoms in total. The van der Waals surface area contributed by atoms with Crippen molar-refractivity contribution in [2.75, 3.05) is 5.32 Å². The molecule has 0 bridgehead atoms. The first-order valence-corrected chi connectivity index (χ1v) is 6.27. The van der Waals surface area contributed by atoms with E-state index in [2.05, 4.69) is 10.3 Å². The Hall–Kier alpha value is -2.05.